The SMILES string of the molecule is CCN1C(CN(C)C)CNCCC1(C)C. The zero-order chi connectivity index (χ0) is 11.5. The Morgan fingerprint density at radius 1 is 1.40 bits per heavy atom. The van der Waals surface area contributed by atoms with Gasteiger partial charge in [-0.05, 0) is 47.5 Å². The summed E-state index contributed by atoms with van der Waals surface area (Å²) in [5.41, 5.74) is 0.332. The van der Waals surface area contributed by atoms with Crippen LogP contribution in [0.5, 0.6) is 0 Å². The molecule has 1 rings (SSSR count). The largest absolute Gasteiger partial charge is 0.315 e. The minimum Gasteiger partial charge on any atom is -0.315 e. The van der Waals surface area contributed by atoms with E-state index >= 15 is 0 Å². The van der Waals surface area contributed by atoms with Gasteiger partial charge in [-0.1, -0.05) is 6.92 Å². The van der Waals surface area contributed by atoms with Crippen molar-refractivity contribution in [2.75, 3.05) is 40.3 Å². The highest BCUT2D eigenvalue weighted by Crippen LogP contribution is 2.23. The number of rotatable bonds is 3. The highest BCUT2D eigenvalue weighted by Gasteiger charge is 2.33. The summed E-state index contributed by atoms with van der Waals surface area (Å²) in [4.78, 5) is 4.93. The summed E-state index contributed by atoms with van der Waals surface area (Å²) in [6, 6.07) is 0.641. The summed E-state index contributed by atoms with van der Waals surface area (Å²) in [5, 5.41) is 3.55. The smallest absolute Gasteiger partial charge is 0.0352 e. The fourth-order valence-corrected chi connectivity index (χ4v) is 2.68. The van der Waals surface area contributed by atoms with E-state index in [2.05, 4.69) is 50.0 Å². The number of likely N-dealkylation sites (N-methyl/N-ethyl adjacent to an activating group) is 2. The molecule has 1 N–H and O–H groups in total. The molecule has 0 spiro atoms. The second-order valence-corrected chi connectivity index (χ2v) is 5.47. The average Bonchev–Trinajstić information content (AvgIpc) is 2.23. The van der Waals surface area contributed by atoms with Crippen molar-refractivity contribution >= 4 is 0 Å². The molecule has 1 fully saturated rings. The quantitative estimate of drug-likeness (QED) is 0.755. The predicted molar refractivity (Wildman–Crippen MR) is 66.3 cm³/mol. The van der Waals surface area contributed by atoms with Crippen LogP contribution in [0.3, 0.4) is 0 Å². The lowest BCUT2D eigenvalue weighted by atomic mass is 9.97. The van der Waals surface area contributed by atoms with Gasteiger partial charge in [-0.2, -0.15) is 0 Å². The molecule has 0 aromatic carbocycles. The van der Waals surface area contributed by atoms with Gasteiger partial charge in [0.2, 0.25) is 0 Å². The third-order valence-corrected chi connectivity index (χ3v) is 3.43. The highest BCUT2D eigenvalue weighted by molar-refractivity contribution is 4.91. The molecule has 0 radical (unpaired) electrons. The van der Waals surface area contributed by atoms with Crippen LogP contribution in [0.25, 0.3) is 0 Å². The van der Waals surface area contributed by atoms with Crippen molar-refractivity contribution in [1.29, 1.82) is 0 Å². The Morgan fingerprint density at radius 2 is 2.07 bits per heavy atom. The molecule has 90 valence electrons. The predicted octanol–water partition coefficient (Wildman–Crippen LogP) is 1.01. The molecule has 0 aromatic heterocycles. The standard InChI is InChI=1S/C12H27N3/c1-6-15-11(10-14(4)5)9-13-8-7-12(15,2)3/h11,13H,6-10H2,1-5H3. The van der Waals surface area contributed by atoms with Gasteiger partial charge in [0, 0.05) is 24.7 Å². The molecule has 0 aliphatic carbocycles. The summed E-state index contributed by atoms with van der Waals surface area (Å²) < 4.78 is 0. The lowest BCUT2D eigenvalue weighted by Gasteiger charge is -2.42. The molecule has 15 heavy (non-hydrogen) atoms. The molecular weight excluding hydrogens is 186 g/mol. The summed E-state index contributed by atoms with van der Waals surface area (Å²) in [5.74, 6) is 0. The van der Waals surface area contributed by atoms with E-state index in [0.717, 1.165) is 26.2 Å². The van der Waals surface area contributed by atoms with Crippen molar-refractivity contribution in [2.24, 2.45) is 0 Å². The van der Waals surface area contributed by atoms with Crippen molar-refractivity contribution in [3.8, 4) is 0 Å². The molecule has 1 atom stereocenters. The van der Waals surface area contributed by atoms with Crippen LogP contribution >= 0.6 is 0 Å². The van der Waals surface area contributed by atoms with Crippen LogP contribution in [0.4, 0.5) is 0 Å². The van der Waals surface area contributed by atoms with Crippen LogP contribution in [0.15, 0.2) is 0 Å². The van der Waals surface area contributed by atoms with E-state index in [1.54, 1.807) is 0 Å². The number of nitrogens with one attached hydrogen (secondary N) is 1. The lowest BCUT2D eigenvalue weighted by molar-refractivity contribution is 0.0702. The van der Waals surface area contributed by atoms with Gasteiger partial charge in [0.05, 0.1) is 0 Å². The molecule has 1 saturated heterocycles. The lowest BCUT2D eigenvalue weighted by Crippen LogP contribution is -2.53. The molecule has 0 bridgehead atoms. The Morgan fingerprint density at radius 3 is 2.60 bits per heavy atom. The van der Waals surface area contributed by atoms with Crippen molar-refractivity contribution in [3.63, 3.8) is 0 Å². The summed E-state index contributed by atoms with van der Waals surface area (Å²) in [6.07, 6.45) is 1.24. The monoisotopic (exact) mass is 213 g/mol. The first-order chi connectivity index (χ1) is 6.97. The number of nitrogens with zero attached hydrogens (tertiary/aromatic N) is 2. The molecule has 1 aliphatic heterocycles. The minimum absolute atomic E-state index is 0.332. The Bertz CT molecular complexity index is 189. The first-order valence-corrected chi connectivity index (χ1v) is 6.09. The maximum atomic E-state index is 3.55. The van der Waals surface area contributed by atoms with E-state index < -0.39 is 0 Å². The normalized spacial score (nSPS) is 28.0. The molecule has 0 amide bonds. The van der Waals surface area contributed by atoms with Gasteiger partial charge in [0.15, 0.2) is 0 Å². The van der Waals surface area contributed by atoms with Gasteiger partial charge in [0.25, 0.3) is 0 Å². The second-order valence-electron chi connectivity index (χ2n) is 5.47. The molecule has 0 aromatic rings. The molecule has 1 aliphatic rings. The summed E-state index contributed by atoms with van der Waals surface area (Å²) in [7, 11) is 4.32. The Balaban J connectivity index is 2.73. The van der Waals surface area contributed by atoms with E-state index in [1.165, 1.54) is 6.42 Å². The molecule has 0 saturated carbocycles. The van der Waals surface area contributed by atoms with Crippen molar-refractivity contribution in [2.45, 2.75) is 38.8 Å². The van der Waals surface area contributed by atoms with E-state index in [9.17, 15) is 0 Å². The summed E-state index contributed by atoms with van der Waals surface area (Å²) in [6.45, 7) is 11.6. The fraction of sp³-hybridized carbons (Fsp3) is 1.00. The van der Waals surface area contributed by atoms with Crippen LogP contribution in [0.1, 0.15) is 27.2 Å². The maximum Gasteiger partial charge on any atom is 0.0352 e. The Labute approximate surface area is 94.8 Å². The maximum absolute atomic E-state index is 3.55. The first kappa shape index (κ1) is 12.9. The molecule has 1 heterocycles. The number of hydrogen-bond donors (Lipinski definition) is 1. The topological polar surface area (TPSA) is 18.5 Å². The molecule has 3 heteroatoms. The van der Waals surface area contributed by atoms with Crippen LogP contribution in [-0.4, -0.2) is 61.7 Å². The zero-order valence-electron chi connectivity index (χ0n) is 11.0. The van der Waals surface area contributed by atoms with E-state index in [-0.39, 0.29) is 0 Å². The Hall–Kier alpha value is -0.120. The van der Waals surface area contributed by atoms with Crippen LogP contribution in [0, 0.1) is 0 Å². The van der Waals surface area contributed by atoms with Crippen molar-refractivity contribution in [3.05, 3.63) is 0 Å². The van der Waals surface area contributed by atoms with Gasteiger partial charge in [0.1, 0.15) is 0 Å². The minimum atomic E-state index is 0.332. The van der Waals surface area contributed by atoms with Gasteiger partial charge < -0.3 is 10.2 Å². The highest BCUT2D eigenvalue weighted by atomic mass is 15.3. The average molecular weight is 213 g/mol. The van der Waals surface area contributed by atoms with Gasteiger partial charge in [-0.3, -0.25) is 4.90 Å². The van der Waals surface area contributed by atoms with Crippen LogP contribution in [0.2, 0.25) is 0 Å². The zero-order valence-corrected chi connectivity index (χ0v) is 11.0. The van der Waals surface area contributed by atoms with E-state index in [0.29, 0.717) is 11.6 Å². The van der Waals surface area contributed by atoms with Gasteiger partial charge >= 0.3 is 0 Å². The first-order valence-electron chi connectivity index (χ1n) is 6.09. The van der Waals surface area contributed by atoms with Crippen LogP contribution < -0.4 is 5.32 Å². The van der Waals surface area contributed by atoms with Gasteiger partial charge in [-0.15, -0.1) is 0 Å². The Kier molecular flexibility index (Phi) is 4.56. The van der Waals surface area contributed by atoms with E-state index in [4.69, 9.17) is 0 Å². The number of hydrogen-bond acceptors (Lipinski definition) is 3. The van der Waals surface area contributed by atoms with Crippen molar-refractivity contribution in [1.82, 2.24) is 15.1 Å². The van der Waals surface area contributed by atoms with Crippen molar-refractivity contribution < 1.29 is 0 Å². The molecular formula is C12H27N3. The third-order valence-electron chi connectivity index (χ3n) is 3.43. The van der Waals surface area contributed by atoms with Crippen LogP contribution in [-0.2, 0) is 0 Å². The van der Waals surface area contributed by atoms with E-state index in [1.807, 2.05) is 0 Å². The fourth-order valence-electron chi connectivity index (χ4n) is 2.68. The third kappa shape index (κ3) is 3.44. The summed E-state index contributed by atoms with van der Waals surface area (Å²) >= 11 is 0. The second kappa shape index (κ2) is 5.28. The molecule has 1 unspecified atom stereocenters. The molecule has 3 nitrogen and oxygen atoms in total. The van der Waals surface area contributed by atoms with Gasteiger partial charge in [-0.25, -0.2) is 0 Å².